The zero-order chi connectivity index (χ0) is 10.7. The van der Waals surface area contributed by atoms with Gasteiger partial charge in [-0.2, -0.15) is 0 Å². The molecular weight excluding hydrogens is 180 g/mol. The number of hydrogen-bond acceptors (Lipinski definition) is 3. The first-order chi connectivity index (χ1) is 6.52. The summed E-state index contributed by atoms with van der Waals surface area (Å²) in [5.41, 5.74) is 1.90. The summed E-state index contributed by atoms with van der Waals surface area (Å²) in [5.74, 6) is 0.640. The molecule has 0 spiro atoms. The Morgan fingerprint density at radius 1 is 1.14 bits per heavy atom. The van der Waals surface area contributed by atoms with E-state index < -0.39 is 12.4 Å². The molecule has 0 bridgehead atoms. The zero-order valence-corrected chi connectivity index (χ0v) is 8.69. The Hall–Kier alpha value is -1.06. The lowest BCUT2D eigenvalue weighted by Crippen LogP contribution is -2.29. The number of ether oxygens (including phenoxy) is 1. The van der Waals surface area contributed by atoms with Gasteiger partial charge in [0.1, 0.15) is 11.9 Å². The maximum atomic E-state index is 9.36. The summed E-state index contributed by atoms with van der Waals surface area (Å²) in [4.78, 5) is 0. The minimum Gasteiger partial charge on any atom is -0.462 e. The molecule has 0 saturated heterocycles. The molecule has 0 aliphatic rings. The van der Waals surface area contributed by atoms with Crippen molar-refractivity contribution >= 4 is 0 Å². The van der Waals surface area contributed by atoms with Crippen molar-refractivity contribution in [2.45, 2.75) is 33.2 Å². The Morgan fingerprint density at radius 2 is 1.64 bits per heavy atom. The molecule has 1 unspecified atom stereocenters. The Morgan fingerprint density at radius 3 is 2.07 bits per heavy atom. The molecule has 0 heterocycles. The monoisotopic (exact) mass is 196 g/mol. The molecule has 3 nitrogen and oxygen atoms in total. The predicted octanol–water partition coefficient (Wildman–Crippen LogP) is 1.38. The van der Waals surface area contributed by atoms with E-state index in [1.807, 2.05) is 32.0 Å². The average molecular weight is 196 g/mol. The van der Waals surface area contributed by atoms with E-state index >= 15 is 0 Å². The van der Waals surface area contributed by atoms with Gasteiger partial charge < -0.3 is 14.9 Å². The number of aliphatic hydroxyl groups excluding tert-OH is 2. The standard InChI is InChI=1S/C11H16O3/c1-7-5-4-6-8(2)10(7)14-11(13)9(3)12/h4-6,9,11-13H,1-3H3/t9?,11-/m1/s1. The van der Waals surface area contributed by atoms with E-state index in [4.69, 9.17) is 9.84 Å². The van der Waals surface area contributed by atoms with E-state index in [2.05, 4.69) is 0 Å². The minimum absolute atomic E-state index is 0.640. The molecule has 3 heteroatoms. The molecule has 0 aliphatic carbocycles. The van der Waals surface area contributed by atoms with Crippen LogP contribution in [0.4, 0.5) is 0 Å². The first kappa shape index (κ1) is 11.0. The van der Waals surface area contributed by atoms with Crippen molar-refractivity contribution in [3.8, 4) is 5.75 Å². The lowest BCUT2D eigenvalue weighted by molar-refractivity contribution is -0.0964. The van der Waals surface area contributed by atoms with Crippen molar-refractivity contribution in [2.24, 2.45) is 0 Å². The van der Waals surface area contributed by atoms with Crippen molar-refractivity contribution in [3.63, 3.8) is 0 Å². The van der Waals surface area contributed by atoms with Crippen LogP contribution in [0.3, 0.4) is 0 Å². The molecule has 0 aliphatic heterocycles. The number of benzene rings is 1. The van der Waals surface area contributed by atoms with Crippen molar-refractivity contribution in [1.29, 1.82) is 0 Å². The molecule has 0 amide bonds. The Balaban J connectivity index is 2.85. The Bertz CT molecular complexity index is 287. The van der Waals surface area contributed by atoms with Crippen molar-refractivity contribution in [1.82, 2.24) is 0 Å². The fourth-order valence-corrected chi connectivity index (χ4v) is 1.20. The van der Waals surface area contributed by atoms with Gasteiger partial charge in [0, 0.05) is 0 Å². The van der Waals surface area contributed by atoms with E-state index in [-0.39, 0.29) is 0 Å². The average Bonchev–Trinajstić information content (AvgIpc) is 2.11. The van der Waals surface area contributed by atoms with Gasteiger partial charge >= 0.3 is 0 Å². The molecule has 2 atom stereocenters. The summed E-state index contributed by atoms with van der Waals surface area (Å²) in [6, 6.07) is 5.72. The maximum Gasteiger partial charge on any atom is 0.223 e. The van der Waals surface area contributed by atoms with E-state index in [9.17, 15) is 5.11 Å². The van der Waals surface area contributed by atoms with Crippen LogP contribution in [0.1, 0.15) is 18.1 Å². The molecule has 1 rings (SSSR count). The largest absolute Gasteiger partial charge is 0.462 e. The van der Waals surface area contributed by atoms with Crippen LogP contribution in [0, 0.1) is 13.8 Å². The van der Waals surface area contributed by atoms with Crippen LogP contribution in [-0.2, 0) is 0 Å². The van der Waals surface area contributed by atoms with E-state index in [1.165, 1.54) is 6.92 Å². The second kappa shape index (κ2) is 4.44. The Kier molecular flexibility index (Phi) is 3.49. The molecule has 2 N–H and O–H groups in total. The number of para-hydroxylation sites is 1. The number of hydrogen-bond donors (Lipinski definition) is 2. The van der Waals surface area contributed by atoms with Gasteiger partial charge in [-0.05, 0) is 31.9 Å². The van der Waals surface area contributed by atoms with Crippen LogP contribution in [0.15, 0.2) is 18.2 Å². The third kappa shape index (κ3) is 2.47. The predicted molar refractivity (Wildman–Crippen MR) is 54.2 cm³/mol. The lowest BCUT2D eigenvalue weighted by Gasteiger charge is -2.18. The quantitative estimate of drug-likeness (QED) is 0.718. The SMILES string of the molecule is Cc1cccc(C)c1O[C@@H](O)C(C)O. The van der Waals surface area contributed by atoms with Gasteiger partial charge in [0.05, 0.1) is 0 Å². The van der Waals surface area contributed by atoms with Gasteiger partial charge in [-0.1, -0.05) is 18.2 Å². The summed E-state index contributed by atoms with van der Waals surface area (Å²) >= 11 is 0. The van der Waals surface area contributed by atoms with Crippen molar-refractivity contribution < 1.29 is 14.9 Å². The van der Waals surface area contributed by atoms with Crippen LogP contribution in [-0.4, -0.2) is 22.6 Å². The summed E-state index contributed by atoms with van der Waals surface area (Å²) in [7, 11) is 0. The van der Waals surface area contributed by atoms with Gasteiger partial charge in [-0.15, -0.1) is 0 Å². The number of rotatable bonds is 3. The fraction of sp³-hybridized carbons (Fsp3) is 0.455. The molecule has 0 fully saturated rings. The van der Waals surface area contributed by atoms with Crippen LogP contribution < -0.4 is 4.74 Å². The highest BCUT2D eigenvalue weighted by Gasteiger charge is 2.14. The molecule has 1 aromatic rings. The van der Waals surface area contributed by atoms with Crippen LogP contribution >= 0.6 is 0 Å². The fourth-order valence-electron chi connectivity index (χ4n) is 1.20. The topological polar surface area (TPSA) is 49.7 Å². The zero-order valence-electron chi connectivity index (χ0n) is 8.69. The summed E-state index contributed by atoms with van der Waals surface area (Å²) < 4.78 is 5.24. The highest BCUT2D eigenvalue weighted by Crippen LogP contribution is 2.23. The molecule has 0 aromatic heterocycles. The summed E-state index contributed by atoms with van der Waals surface area (Å²) in [5, 5.41) is 18.4. The highest BCUT2D eigenvalue weighted by atomic mass is 16.6. The van der Waals surface area contributed by atoms with Crippen LogP contribution in [0.25, 0.3) is 0 Å². The van der Waals surface area contributed by atoms with E-state index in [0.717, 1.165) is 11.1 Å². The molecule has 0 saturated carbocycles. The second-order valence-corrected chi connectivity index (χ2v) is 3.47. The second-order valence-electron chi connectivity index (χ2n) is 3.47. The summed E-state index contributed by atoms with van der Waals surface area (Å²) in [6.45, 7) is 5.28. The molecule has 78 valence electrons. The minimum atomic E-state index is -1.17. The van der Waals surface area contributed by atoms with E-state index in [1.54, 1.807) is 0 Å². The lowest BCUT2D eigenvalue weighted by atomic mass is 10.1. The Labute approximate surface area is 84.0 Å². The van der Waals surface area contributed by atoms with Crippen molar-refractivity contribution in [2.75, 3.05) is 0 Å². The third-order valence-corrected chi connectivity index (χ3v) is 2.06. The number of aryl methyl sites for hydroxylation is 2. The van der Waals surface area contributed by atoms with Gasteiger partial charge in [-0.25, -0.2) is 0 Å². The molecule has 14 heavy (non-hydrogen) atoms. The third-order valence-electron chi connectivity index (χ3n) is 2.06. The van der Waals surface area contributed by atoms with Gasteiger partial charge in [0.25, 0.3) is 0 Å². The first-order valence-electron chi connectivity index (χ1n) is 4.61. The van der Waals surface area contributed by atoms with Gasteiger partial charge in [0.2, 0.25) is 6.29 Å². The maximum absolute atomic E-state index is 9.36. The smallest absolute Gasteiger partial charge is 0.223 e. The van der Waals surface area contributed by atoms with Crippen LogP contribution in [0.2, 0.25) is 0 Å². The number of aliphatic hydroxyl groups is 2. The molecule has 0 radical (unpaired) electrons. The van der Waals surface area contributed by atoms with Crippen molar-refractivity contribution in [3.05, 3.63) is 29.3 Å². The van der Waals surface area contributed by atoms with Gasteiger partial charge in [-0.3, -0.25) is 0 Å². The first-order valence-corrected chi connectivity index (χ1v) is 4.61. The van der Waals surface area contributed by atoms with Crippen LogP contribution in [0.5, 0.6) is 5.75 Å². The van der Waals surface area contributed by atoms with Gasteiger partial charge in [0.15, 0.2) is 0 Å². The summed E-state index contributed by atoms with van der Waals surface area (Å²) in [6.07, 6.45) is -2.07. The normalized spacial score (nSPS) is 14.9. The highest BCUT2D eigenvalue weighted by molar-refractivity contribution is 5.39. The molecular formula is C11H16O3. The molecule has 1 aromatic carbocycles. The van der Waals surface area contributed by atoms with E-state index in [0.29, 0.717) is 5.75 Å².